The predicted molar refractivity (Wildman–Crippen MR) is 138 cm³/mol. The molecule has 0 fully saturated rings. The zero-order valence-corrected chi connectivity index (χ0v) is 19.8. The number of anilines is 4. The fraction of sp³-hybridized carbons (Fsp3) is 0.269. The zero-order valence-electron chi connectivity index (χ0n) is 19.0. The lowest BCUT2D eigenvalue weighted by molar-refractivity contribution is -0.116. The Morgan fingerprint density at radius 3 is 2.41 bits per heavy atom. The lowest BCUT2D eigenvalue weighted by Gasteiger charge is -2.16. The molecule has 2 aromatic carbocycles. The van der Waals surface area contributed by atoms with Crippen LogP contribution in [0.15, 0.2) is 54.6 Å². The SMILES string of the molecule is C[C@@H](Nc1cccc(NC(=O)Nc2ccccc2)c1)C(=O)Nc1sc2c(c1C#N)CCCCC2. The Hall–Kier alpha value is -3.83. The van der Waals surface area contributed by atoms with E-state index < -0.39 is 6.04 Å². The summed E-state index contributed by atoms with van der Waals surface area (Å²) in [7, 11) is 0. The molecule has 0 saturated carbocycles. The zero-order chi connectivity index (χ0) is 23.9. The molecular weight excluding hydrogens is 446 g/mol. The molecule has 34 heavy (non-hydrogen) atoms. The topological polar surface area (TPSA) is 106 Å². The minimum absolute atomic E-state index is 0.215. The monoisotopic (exact) mass is 473 g/mol. The number of aryl methyl sites for hydroxylation is 1. The van der Waals surface area contributed by atoms with Crippen LogP contribution in [0.3, 0.4) is 0 Å². The van der Waals surface area contributed by atoms with E-state index in [2.05, 4.69) is 27.3 Å². The number of rotatable bonds is 6. The van der Waals surface area contributed by atoms with Gasteiger partial charge in [0.05, 0.1) is 5.56 Å². The molecule has 1 heterocycles. The van der Waals surface area contributed by atoms with Gasteiger partial charge in [0.2, 0.25) is 5.91 Å². The van der Waals surface area contributed by atoms with Crippen LogP contribution in [0.25, 0.3) is 0 Å². The third-order valence-electron chi connectivity index (χ3n) is 5.70. The maximum Gasteiger partial charge on any atom is 0.323 e. The maximum atomic E-state index is 12.9. The van der Waals surface area contributed by atoms with Crippen LogP contribution in [-0.4, -0.2) is 18.0 Å². The van der Waals surface area contributed by atoms with Gasteiger partial charge < -0.3 is 21.3 Å². The number of amides is 3. The van der Waals surface area contributed by atoms with E-state index in [4.69, 9.17) is 0 Å². The first-order valence-electron chi connectivity index (χ1n) is 11.4. The van der Waals surface area contributed by atoms with Gasteiger partial charge in [0.1, 0.15) is 17.1 Å². The molecule has 0 aliphatic heterocycles. The number of urea groups is 1. The number of nitrogens with zero attached hydrogens (tertiary/aromatic N) is 1. The standard InChI is InChI=1S/C26H27N5O2S/c1-17(24(32)31-25-22(16-27)21-13-6-3-7-14-23(21)34-25)28-19-11-8-12-20(15-19)30-26(33)29-18-9-4-2-5-10-18/h2,4-5,8-12,15,17,28H,3,6-7,13-14H2,1H3,(H,31,32)(H2,29,30,33)/t17-/m1/s1. The fourth-order valence-electron chi connectivity index (χ4n) is 3.99. The molecule has 7 nitrogen and oxygen atoms in total. The van der Waals surface area contributed by atoms with Crippen LogP contribution in [0.2, 0.25) is 0 Å². The van der Waals surface area contributed by atoms with Crippen LogP contribution in [0, 0.1) is 11.3 Å². The van der Waals surface area contributed by atoms with Crippen LogP contribution >= 0.6 is 11.3 Å². The number of nitrogens with one attached hydrogen (secondary N) is 4. The van der Waals surface area contributed by atoms with Gasteiger partial charge in [0, 0.05) is 21.9 Å². The van der Waals surface area contributed by atoms with Gasteiger partial charge in [-0.2, -0.15) is 5.26 Å². The van der Waals surface area contributed by atoms with E-state index in [1.54, 1.807) is 37.3 Å². The van der Waals surface area contributed by atoms with E-state index in [9.17, 15) is 14.9 Å². The molecule has 0 spiro atoms. The predicted octanol–water partition coefficient (Wildman–Crippen LogP) is 5.97. The fourth-order valence-corrected chi connectivity index (χ4v) is 5.23. The second kappa shape index (κ2) is 10.9. The van der Waals surface area contributed by atoms with Crippen LogP contribution in [0.1, 0.15) is 42.2 Å². The summed E-state index contributed by atoms with van der Waals surface area (Å²) in [6, 6.07) is 17.8. The van der Waals surface area contributed by atoms with Crippen LogP contribution in [-0.2, 0) is 17.6 Å². The summed E-state index contributed by atoms with van der Waals surface area (Å²) in [5, 5.41) is 22.0. The highest BCUT2D eigenvalue weighted by molar-refractivity contribution is 7.16. The molecule has 4 rings (SSSR count). The molecule has 0 saturated heterocycles. The van der Waals surface area contributed by atoms with Crippen molar-refractivity contribution in [3.05, 3.63) is 70.6 Å². The van der Waals surface area contributed by atoms with Crippen molar-refractivity contribution in [1.29, 1.82) is 5.26 Å². The van der Waals surface area contributed by atoms with Gasteiger partial charge in [-0.05, 0) is 68.5 Å². The van der Waals surface area contributed by atoms with Gasteiger partial charge in [-0.25, -0.2) is 4.79 Å². The van der Waals surface area contributed by atoms with E-state index in [0.29, 0.717) is 27.6 Å². The number of nitriles is 1. The van der Waals surface area contributed by atoms with Gasteiger partial charge in [-0.15, -0.1) is 11.3 Å². The van der Waals surface area contributed by atoms with E-state index in [0.717, 1.165) is 31.2 Å². The summed E-state index contributed by atoms with van der Waals surface area (Å²) in [5.74, 6) is -0.215. The van der Waals surface area contributed by atoms with E-state index >= 15 is 0 Å². The van der Waals surface area contributed by atoms with Crippen molar-refractivity contribution in [2.45, 2.75) is 45.1 Å². The number of fused-ring (bicyclic) bond motifs is 1. The molecule has 3 aromatic rings. The molecule has 1 aromatic heterocycles. The van der Waals surface area contributed by atoms with Crippen molar-refractivity contribution in [1.82, 2.24) is 0 Å². The Balaban J connectivity index is 1.37. The van der Waals surface area contributed by atoms with E-state index in [-0.39, 0.29) is 11.9 Å². The highest BCUT2D eigenvalue weighted by Crippen LogP contribution is 2.37. The third-order valence-corrected chi connectivity index (χ3v) is 6.91. The smallest absolute Gasteiger partial charge is 0.323 e. The van der Waals surface area contributed by atoms with Gasteiger partial charge in [0.15, 0.2) is 0 Å². The normalized spacial score (nSPS) is 13.5. The lowest BCUT2D eigenvalue weighted by atomic mass is 10.1. The van der Waals surface area contributed by atoms with Gasteiger partial charge in [-0.3, -0.25) is 4.79 Å². The largest absolute Gasteiger partial charge is 0.374 e. The minimum Gasteiger partial charge on any atom is -0.374 e. The molecule has 3 amide bonds. The lowest BCUT2D eigenvalue weighted by Crippen LogP contribution is -2.31. The molecule has 1 atom stereocenters. The molecule has 0 radical (unpaired) electrons. The van der Waals surface area contributed by atoms with Crippen molar-refractivity contribution in [3.63, 3.8) is 0 Å². The first kappa shape index (κ1) is 23.3. The average Bonchev–Trinajstić information content (AvgIpc) is 2.98. The van der Waals surface area contributed by atoms with E-state index in [1.807, 2.05) is 24.3 Å². The molecule has 174 valence electrons. The number of benzene rings is 2. The Morgan fingerprint density at radius 1 is 0.912 bits per heavy atom. The van der Waals surface area contributed by atoms with Gasteiger partial charge in [-0.1, -0.05) is 30.7 Å². The highest BCUT2D eigenvalue weighted by atomic mass is 32.1. The Morgan fingerprint density at radius 2 is 1.62 bits per heavy atom. The number of thiophene rings is 1. The molecule has 1 aliphatic carbocycles. The van der Waals surface area contributed by atoms with Gasteiger partial charge in [0.25, 0.3) is 0 Å². The molecular formula is C26H27N5O2S. The third kappa shape index (κ3) is 5.74. The van der Waals surface area contributed by atoms with Crippen molar-refractivity contribution in [2.24, 2.45) is 0 Å². The molecule has 1 aliphatic rings. The van der Waals surface area contributed by atoms with E-state index in [1.165, 1.54) is 22.6 Å². The molecule has 0 bridgehead atoms. The van der Waals surface area contributed by atoms with Crippen LogP contribution in [0.4, 0.5) is 26.9 Å². The van der Waals surface area contributed by atoms with Crippen molar-refractivity contribution in [3.8, 4) is 6.07 Å². The van der Waals surface area contributed by atoms with Crippen LogP contribution < -0.4 is 21.3 Å². The number of hydrogen-bond donors (Lipinski definition) is 4. The summed E-state index contributed by atoms with van der Waals surface area (Å²) in [5.41, 5.74) is 3.70. The second-order valence-electron chi connectivity index (χ2n) is 8.26. The number of carbonyl (C=O) groups is 2. The summed E-state index contributed by atoms with van der Waals surface area (Å²) in [4.78, 5) is 26.4. The Bertz CT molecular complexity index is 1220. The molecule has 0 unspecified atom stereocenters. The first-order chi connectivity index (χ1) is 16.5. The van der Waals surface area contributed by atoms with Crippen LogP contribution in [0.5, 0.6) is 0 Å². The summed E-state index contributed by atoms with van der Waals surface area (Å²) < 4.78 is 0. The highest BCUT2D eigenvalue weighted by Gasteiger charge is 2.22. The number of hydrogen-bond acceptors (Lipinski definition) is 5. The second-order valence-corrected chi connectivity index (χ2v) is 9.37. The molecule has 8 heteroatoms. The molecule has 4 N–H and O–H groups in total. The Kier molecular flexibility index (Phi) is 7.45. The minimum atomic E-state index is -0.540. The average molecular weight is 474 g/mol. The summed E-state index contributed by atoms with van der Waals surface area (Å²) in [6.45, 7) is 1.77. The number of carbonyl (C=O) groups excluding carboxylic acids is 2. The quantitative estimate of drug-likeness (QED) is 0.331. The summed E-state index contributed by atoms with van der Waals surface area (Å²) in [6.07, 6.45) is 5.25. The Labute approximate surface area is 203 Å². The first-order valence-corrected chi connectivity index (χ1v) is 12.2. The summed E-state index contributed by atoms with van der Waals surface area (Å²) >= 11 is 1.53. The van der Waals surface area contributed by atoms with Crippen molar-refractivity contribution >= 4 is 45.3 Å². The van der Waals surface area contributed by atoms with Gasteiger partial charge >= 0.3 is 6.03 Å². The number of para-hydroxylation sites is 1. The van der Waals surface area contributed by atoms with Crippen molar-refractivity contribution in [2.75, 3.05) is 21.3 Å². The maximum absolute atomic E-state index is 12.9. The van der Waals surface area contributed by atoms with Crippen molar-refractivity contribution < 1.29 is 9.59 Å².